The van der Waals surface area contributed by atoms with Crippen molar-refractivity contribution in [3.63, 3.8) is 0 Å². The molecule has 0 spiro atoms. The molecule has 1 aromatic carbocycles. The summed E-state index contributed by atoms with van der Waals surface area (Å²) in [5.74, 6) is 0.470. The molecule has 5 heteroatoms. The van der Waals surface area contributed by atoms with Gasteiger partial charge in [-0.25, -0.2) is 0 Å². The quantitative estimate of drug-likeness (QED) is 0.847. The summed E-state index contributed by atoms with van der Waals surface area (Å²) in [4.78, 5) is 13.8. The molecule has 1 saturated carbocycles. The van der Waals surface area contributed by atoms with E-state index in [0.29, 0.717) is 21.8 Å². The van der Waals surface area contributed by atoms with Gasteiger partial charge in [0.2, 0.25) is 0 Å². The Hall–Kier alpha value is -0.930. The Morgan fingerprint density at radius 2 is 2.05 bits per heavy atom. The first kappa shape index (κ1) is 14.5. The summed E-state index contributed by atoms with van der Waals surface area (Å²) in [5.41, 5.74) is 0. The van der Waals surface area contributed by atoms with Gasteiger partial charge in [0.1, 0.15) is 5.75 Å². The fraction of sp³-hybridized carbons (Fsp3) is 0.500. The third-order valence-electron chi connectivity index (χ3n) is 3.51. The summed E-state index contributed by atoms with van der Waals surface area (Å²) < 4.78 is 5.45. The second-order valence-electron chi connectivity index (χ2n) is 4.81. The van der Waals surface area contributed by atoms with Gasteiger partial charge < -0.3 is 9.64 Å². The standard InChI is InChI=1S/C14H17Cl2NO2/c1-17(11-4-2-3-5-11)14(18)9-19-13-7-6-10(15)8-12(13)16/h6-8,11H,2-5,9H2,1H3. The zero-order valence-electron chi connectivity index (χ0n) is 10.9. The smallest absolute Gasteiger partial charge is 0.260 e. The number of likely N-dealkylation sites (N-methyl/N-ethyl adjacent to an activating group) is 1. The van der Waals surface area contributed by atoms with E-state index in [1.54, 1.807) is 23.1 Å². The second kappa shape index (κ2) is 6.49. The third-order valence-corrected chi connectivity index (χ3v) is 4.04. The van der Waals surface area contributed by atoms with E-state index in [4.69, 9.17) is 27.9 Å². The zero-order valence-corrected chi connectivity index (χ0v) is 12.4. The Bertz CT molecular complexity index is 459. The predicted octanol–water partition coefficient (Wildman–Crippen LogP) is 3.77. The lowest BCUT2D eigenvalue weighted by molar-refractivity contribution is -0.134. The van der Waals surface area contributed by atoms with E-state index < -0.39 is 0 Å². The van der Waals surface area contributed by atoms with Gasteiger partial charge in [0, 0.05) is 18.1 Å². The predicted molar refractivity (Wildman–Crippen MR) is 77.0 cm³/mol. The molecule has 104 valence electrons. The Labute approximate surface area is 123 Å². The highest BCUT2D eigenvalue weighted by Gasteiger charge is 2.23. The van der Waals surface area contributed by atoms with Gasteiger partial charge in [0.05, 0.1) is 5.02 Å². The molecule has 0 saturated heterocycles. The van der Waals surface area contributed by atoms with Crippen molar-refractivity contribution in [3.8, 4) is 5.75 Å². The molecule has 0 atom stereocenters. The van der Waals surface area contributed by atoms with Crippen molar-refractivity contribution < 1.29 is 9.53 Å². The molecule has 3 nitrogen and oxygen atoms in total. The first-order valence-corrected chi connectivity index (χ1v) is 7.17. The number of hydrogen-bond acceptors (Lipinski definition) is 2. The molecular formula is C14H17Cl2NO2. The minimum atomic E-state index is -0.0158. The van der Waals surface area contributed by atoms with Crippen LogP contribution in [0.3, 0.4) is 0 Å². The van der Waals surface area contributed by atoms with Crippen LogP contribution in [0.2, 0.25) is 10.0 Å². The summed E-state index contributed by atoms with van der Waals surface area (Å²) in [6.07, 6.45) is 4.58. The Kier molecular flexibility index (Phi) is 4.94. The lowest BCUT2D eigenvalue weighted by Gasteiger charge is -2.24. The minimum absolute atomic E-state index is 0.00829. The van der Waals surface area contributed by atoms with E-state index in [0.717, 1.165) is 12.8 Å². The Morgan fingerprint density at radius 3 is 2.68 bits per heavy atom. The van der Waals surface area contributed by atoms with Gasteiger partial charge in [-0.3, -0.25) is 4.79 Å². The molecule has 1 amide bonds. The molecule has 1 aliphatic rings. The number of rotatable bonds is 4. The minimum Gasteiger partial charge on any atom is -0.482 e. The van der Waals surface area contributed by atoms with Crippen molar-refractivity contribution in [1.82, 2.24) is 4.90 Å². The highest BCUT2D eigenvalue weighted by atomic mass is 35.5. The number of amides is 1. The van der Waals surface area contributed by atoms with Crippen LogP contribution in [0.5, 0.6) is 5.75 Å². The molecule has 0 unspecified atom stereocenters. The van der Waals surface area contributed by atoms with Gasteiger partial charge in [-0.2, -0.15) is 0 Å². The number of halogens is 2. The lowest BCUT2D eigenvalue weighted by atomic mass is 10.2. The van der Waals surface area contributed by atoms with Crippen molar-refractivity contribution in [2.75, 3.05) is 13.7 Å². The number of hydrogen-bond donors (Lipinski definition) is 0. The fourth-order valence-corrected chi connectivity index (χ4v) is 2.79. The van der Waals surface area contributed by atoms with Crippen LogP contribution in [-0.2, 0) is 4.79 Å². The van der Waals surface area contributed by atoms with Gasteiger partial charge >= 0.3 is 0 Å². The van der Waals surface area contributed by atoms with Crippen LogP contribution in [0.15, 0.2) is 18.2 Å². The number of nitrogens with zero attached hydrogens (tertiary/aromatic N) is 1. The maximum absolute atomic E-state index is 12.0. The summed E-state index contributed by atoms with van der Waals surface area (Å²) in [6, 6.07) is 5.32. The van der Waals surface area contributed by atoms with E-state index in [1.165, 1.54) is 12.8 Å². The van der Waals surface area contributed by atoms with Crippen molar-refractivity contribution in [2.45, 2.75) is 31.7 Å². The van der Waals surface area contributed by atoms with E-state index in [2.05, 4.69) is 0 Å². The van der Waals surface area contributed by atoms with Gasteiger partial charge in [0.25, 0.3) is 5.91 Å². The van der Waals surface area contributed by atoms with Gasteiger partial charge in [-0.15, -0.1) is 0 Å². The molecule has 0 aromatic heterocycles. The summed E-state index contributed by atoms with van der Waals surface area (Å²) in [6.45, 7) is 0.00829. The van der Waals surface area contributed by atoms with Crippen molar-refractivity contribution in [2.24, 2.45) is 0 Å². The molecule has 1 fully saturated rings. The molecule has 0 radical (unpaired) electrons. The van der Waals surface area contributed by atoms with E-state index in [9.17, 15) is 4.79 Å². The summed E-state index contributed by atoms with van der Waals surface area (Å²) in [5, 5.41) is 0.968. The highest BCUT2D eigenvalue weighted by Crippen LogP contribution is 2.28. The van der Waals surface area contributed by atoms with Crippen LogP contribution in [0.1, 0.15) is 25.7 Å². The molecular weight excluding hydrogens is 285 g/mol. The topological polar surface area (TPSA) is 29.5 Å². The maximum Gasteiger partial charge on any atom is 0.260 e. The monoisotopic (exact) mass is 301 g/mol. The molecule has 2 rings (SSSR count). The van der Waals surface area contributed by atoms with Crippen LogP contribution >= 0.6 is 23.2 Å². The number of ether oxygens (including phenoxy) is 1. The van der Waals surface area contributed by atoms with Crippen molar-refractivity contribution in [3.05, 3.63) is 28.2 Å². The molecule has 0 bridgehead atoms. The first-order chi connectivity index (χ1) is 9.08. The molecule has 0 N–H and O–H groups in total. The van der Waals surface area contributed by atoms with E-state index in [-0.39, 0.29) is 12.5 Å². The van der Waals surface area contributed by atoms with E-state index in [1.807, 2.05) is 7.05 Å². The van der Waals surface area contributed by atoms with Crippen LogP contribution in [0, 0.1) is 0 Å². The second-order valence-corrected chi connectivity index (χ2v) is 5.65. The Morgan fingerprint density at radius 1 is 1.37 bits per heavy atom. The van der Waals surface area contributed by atoms with E-state index >= 15 is 0 Å². The number of benzene rings is 1. The van der Waals surface area contributed by atoms with Gasteiger partial charge in [-0.1, -0.05) is 36.0 Å². The van der Waals surface area contributed by atoms with Crippen LogP contribution in [0.25, 0.3) is 0 Å². The highest BCUT2D eigenvalue weighted by molar-refractivity contribution is 6.35. The van der Waals surface area contributed by atoms with Crippen molar-refractivity contribution >= 4 is 29.1 Å². The first-order valence-electron chi connectivity index (χ1n) is 6.41. The van der Waals surface area contributed by atoms with Gasteiger partial charge in [0.15, 0.2) is 6.61 Å². The van der Waals surface area contributed by atoms with Crippen LogP contribution < -0.4 is 4.74 Å². The molecule has 0 aliphatic heterocycles. The normalized spacial score (nSPS) is 15.5. The zero-order chi connectivity index (χ0) is 13.8. The molecule has 19 heavy (non-hydrogen) atoms. The summed E-state index contributed by atoms with van der Waals surface area (Å²) >= 11 is 11.8. The van der Waals surface area contributed by atoms with Gasteiger partial charge in [-0.05, 0) is 31.0 Å². The average molecular weight is 302 g/mol. The Balaban J connectivity index is 1.89. The maximum atomic E-state index is 12.0. The molecule has 0 heterocycles. The van der Waals surface area contributed by atoms with Crippen molar-refractivity contribution in [1.29, 1.82) is 0 Å². The molecule has 1 aromatic rings. The SMILES string of the molecule is CN(C(=O)COc1ccc(Cl)cc1Cl)C1CCCC1. The van der Waals surface area contributed by atoms with Crippen LogP contribution in [0.4, 0.5) is 0 Å². The summed E-state index contributed by atoms with van der Waals surface area (Å²) in [7, 11) is 1.84. The number of carbonyl (C=O) groups excluding carboxylic acids is 1. The largest absolute Gasteiger partial charge is 0.482 e. The van der Waals surface area contributed by atoms with Crippen LogP contribution in [-0.4, -0.2) is 30.5 Å². The average Bonchev–Trinajstić information content (AvgIpc) is 2.90. The fourth-order valence-electron chi connectivity index (χ4n) is 2.33. The third kappa shape index (κ3) is 3.77. The lowest BCUT2D eigenvalue weighted by Crippen LogP contribution is -2.38. The number of carbonyl (C=O) groups is 1. The molecule has 1 aliphatic carbocycles.